The molecule has 0 spiro atoms. The molecule has 0 bridgehead atoms. The zero-order valence-electron chi connectivity index (χ0n) is 14.7. The monoisotopic (exact) mass is 373 g/mol. The number of aromatic amines is 1. The van der Waals surface area contributed by atoms with Crippen molar-refractivity contribution in [3.8, 4) is 0 Å². The predicted molar refractivity (Wildman–Crippen MR) is 105 cm³/mol. The van der Waals surface area contributed by atoms with Crippen LogP contribution in [0.15, 0.2) is 60.8 Å². The van der Waals surface area contributed by atoms with Crippen molar-refractivity contribution in [3.05, 3.63) is 89.3 Å². The first kappa shape index (κ1) is 17.5. The van der Waals surface area contributed by atoms with Crippen molar-refractivity contribution >= 4 is 28.2 Å². The molecule has 4 rings (SSSR count). The third-order valence-electron chi connectivity index (χ3n) is 4.41. The number of pyridine rings is 1. The van der Waals surface area contributed by atoms with Gasteiger partial charge >= 0.3 is 0 Å². The lowest BCUT2D eigenvalue weighted by Crippen LogP contribution is -2.06. The number of nitrogens with zero attached hydrogens (tertiary/aromatic N) is 2. The summed E-state index contributed by atoms with van der Waals surface area (Å²) in [7, 11) is 0. The second-order valence-electron chi connectivity index (χ2n) is 6.37. The Morgan fingerprint density at radius 3 is 2.68 bits per heavy atom. The summed E-state index contributed by atoms with van der Waals surface area (Å²) < 4.78 is 13.4. The molecule has 0 saturated heterocycles. The van der Waals surface area contributed by atoms with Crippen LogP contribution in [0, 0.1) is 11.4 Å². The number of halogens is 1. The number of imidazole rings is 1. The number of aromatic nitrogens is 3. The number of carbonyl (C=O) groups excluding carboxylic acids is 1. The molecule has 2 heterocycles. The number of hydrogen-bond donors (Lipinski definition) is 3. The molecule has 2 aromatic carbocycles. The van der Waals surface area contributed by atoms with Gasteiger partial charge in [0.05, 0.1) is 16.7 Å². The summed E-state index contributed by atoms with van der Waals surface area (Å²) in [5, 5.41) is 8.35. The minimum Gasteiger partial charge on any atom is -0.398 e. The molecule has 138 valence electrons. The topological polar surface area (TPSA) is 109 Å². The maximum Gasteiger partial charge on any atom is 0.213 e. The van der Waals surface area contributed by atoms with E-state index in [1.165, 1.54) is 18.3 Å². The first-order valence-electron chi connectivity index (χ1n) is 8.58. The van der Waals surface area contributed by atoms with Crippen LogP contribution in [0.5, 0.6) is 0 Å². The largest absolute Gasteiger partial charge is 0.398 e. The van der Waals surface area contributed by atoms with Gasteiger partial charge < -0.3 is 10.7 Å². The Bertz CT molecular complexity index is 1200. The van der Waals surface area contributed by atoms with Crippen LogP contribution in [-0.4, -0.2) is 26.4 Å². The molecule has 0 saturated carbocycles. The number of hydrogen-bond acceptors (Lipinski definition) is 5. The second kappa shape index (κ2) is 7.03. The van der Waals surface area contributed by atoms with Crippen molar-refractivity contribution in [2.75, 3.05) is 5.73 Å². The van der Waals surface area contributed by atoms with E-state index in [0.717, 1.165) is 5.56 Å². The van der Waals surface area contributed by atoms with E-state index in [1.807, 2.05) is 30.3 Å². The molecule has 0 aliphatic rings. The Morgan fingerprint density at radius 2 is 1.93 bits per heavy atom. The number of Topliss-reactive ketones (excluding diaryl/α,β-unsaturated/α-hetero) is 1. The van der Waals surface area contributed by atoms with Gasteiger partial charge in [0, 0.05) is 35.5 Å². The number of nitrogen functional groups attached to an aromatic ring is 1. The van der Waals surface area contributed by atoms with Gasteiger partial charge in [-0.2, -0.15) is 4.39 Å². The van der Waals surface area contributed by atoms with Gasteiger partial charge in [0.1, 0.15) is 0 Å². The van der Waals surface area contributed by atoms with Crippen molar-refractivity contribution < 1.29 is 9.18 Å². The molecule has 4 N–H and O–H groups in total. The Balaban J connectivity index is 1.67. The predicted octanol–water partition coefficient (Wildman–Crippen LogP) is 3.52. The van der Waals surface area contributed by atoms with Crippen LogP contribution in [0.1, 0.15) is 27.3 Å². The summed E-state index contributed by atoms with van der Waals surface area (Å²) >= 11 is 0. The third kappa shape index (κ3) is 3.37. The maximum atomic E-state index is 13.4. The Labute approximate surface area is 159 Å². The summed E-state index contributed by atoms with van der Waals surface area (Å²) in [6, 6.07) is 15.4. The van der Waals surface area contributed by atoms with E-state index in [4.69, 9.17) is 11.1 Å². The second-order valence-corrected chi connectivity index (χ2v) is 6.37. The van der Waals surface area contributed by atoms with Crippen molar-refractivity contribution in [3.63, 3.8) is 0 Å². The highest BCUT2D eigenvalue weighted by molar-refractivity contribution is 6.15. The highest BCUT2D eigenvalue weighted by Gasteiger charge is 2.16. The fourth-order valence-corrected chi connectivity index (χ4v) is 3.00. The number of benzene rings is 2. The Hall–Kier alpha value is -3.87. The fourth-order valence-electron chi connectivity index (χ4n) is 3.00. The first-order valence-corrected chi connectivity index (χ1v) is 8.58. The van der Waals surface area contributed by atoms with Gasteiger partial charge in [-0.25, -0.2) is 9.97 Å². The average Bonchev–Trinajstić information content (AvgIpc) is 3.10. The molecule has 4 aromatic rings. The summed E-state index contributed by atoms with van der Waals surface area (Å²) in [4.78, 5) is 23.4. The van der Waals surface area contributed by atoms with E-state index in [2.05, 4.69) is 15.0 Å². The Morgan fingerprint density at radius 1 is 1.14 bits per heavy atom. The molecular formula is C21H16FN5O. The molecule has 0 atom stereocenters. The van der Waals surface area contributed by atoms with Crippen LogP contribution in [0.4, 0.5) is 10.1 Å². The lowest BCUT2D eigenvalue weighted by molar-refractivity contribution is 0.0984. The molecule has 0 aliphatic carbocycles. The molecule has 0 amide bonds. The van der Waals surface area contributed by atoms with Crippen molar-refractivity contribution in [2.24, 2.45) is 0 Å². The number of fused-ring (bicyclic) bond motifs is 1. The third-order valence-corrected chi connectivity index (χ3v) is 4.41. The van der Waals surface area contributed by atoms with Gasteiger partial charge in [-0.3, -0.25) is 10.2 Å². The van der Waals surface area contributed by atoms with Crippen molar-refractivity contribution in [2.45, 2.75) is 6.42 Å². The molecule has 28 heavy (non-hydrogen) atoms. The lowest BCUT2D eigenvalue weighted by Gasteiger charge is -2.07. The molecule has 0 fully saturated rings. The van der Waals surface area contributed by atoms with Crippen LogP contribution in [0.3, 0.4) is 0 Å². The smallest absolute Gasteiger partial charge is 0.213 e. The first-order chi connectivity index (χ1) is 13.5. The number of nitrogens with one attached hydrogen (secondary N) is 2. The molecule has 7 heteroatoms. The van der Waals surface area contributed by atoms with Gasteiger partial charge in [-0.1, -0.05) is 30.3 Å². The van der Waals surface area contributed by atoms with Crippen LogP contribution >= 0.6 is 0 Å². The van der Waals surface area contributed by atoms with E-state index >= 15 is 0 Å². The van der Waals surface area contributed by atoms with Gasteiger partial charge in [0.25, 0.3) is 0 Å². The number of H-pyrrole nitrogens is 1. The van der Waals surface area contributed by atoms with E-state index in [-0.39, 0.29) is 23.7 Å². The maximum absolute atomic E-state index is 13.4. The van der Waals surface area contributed by atoms with Gasteiger partial charge in [0.2, 0.25) is 11.7 Å². The number of anilines is 1. The van der Waals surface area contributed by atoms with E-state index in [0.29, 0.717) is 27.8 Å². The lowest BCUT2D eigenvalue weighted by atomic mass is 10.0. The molecule has 0 radical (unpaired) electrons. The standard InChI is InChI=1S/C21H16FN5O/c22-19-9-13(6-7-25-19)20(24)14-10-16-17(11-15(14)23)27-21(26-16)18(28)8-12-4-2-1-3-5-12/h1-7,9-11,24H,8,23H2,(H,26,27). The van der Waals surface area contributed by atoms with Crippen molar-refractivity contribution in [1.29, 1.82) is 5.41 Å². The summed E-state index contributed by atoms with van der Waals surface area (Å²) in [6.07, 6.45) is 1.53. The van der Waals surface area contributed by atoms with Gasteiger partial charge in [-0.15, -0.1) is 0 Å². The van der Waals surface area contributed by atoms with Crippen LogP contribution < -0.4 is 5.73 Å². The number of carbonyl (C=O) groups is 1. The van der Waals surface area contributed by atoms with Crippen LogP contribution in [0.25, 0.3) is 11.0 Å². The van der Waals surface area contributed by atoms with E-state index < -0.39 is 5.95 Å². The van der Waals surface area contributed by atoms with Gasteiger partial charge in [0.15, 0.2) is 5.82 Å². The van der Waals surface area contributed by atoms with E-state index in [9.17, 15) is 9.18 Å². The van der Waals surface area contributed by atoms with Crippen LogP contribution in [-0.2, 0) is 6.42 Å². The van der Waals surface area contributed by atoms with Crippen LogP contribution in [0.2, 0.25) is 0 Å². The Kier molecular flexibility index (Phi) is 4.41. The number of nitrogens with two attached hydrogens (primary N) is 1. The molecule has 6 nitrogen and oxygen atoms in total. The molecule has 0 unspecified atom stereocenters. The SMILES string of the molecule is N=C(c1ccnc(F)c1)c1cc2[nH]c(C(=O)Cc3ccccc3)nc2cc1N. The highest BCUT2D eigenvalue weighted by atomic mass is 19.1. The normalized spacial score (nSPS) is 10.9. The fraction of sp³-hybridized carbons (Fsp3) is 0.0476. The average molecular weight is 373 g/mol. The highest BCUT2D eigenvalue weighted by Crippen LogP contribution is 2.23. The number of rotatable bonds is 5. The minimum atomic E-state index is -0.669. The minimum absolute atomic E-state index is 0.0625. The summed E-state index contributed by atoms with van der Waals surface area (Å²) in [5.41, 5.74) is 9.26. The number of ketones is 1. The van der Waals surface area contributed by atoms with Gasteiger partial charge in [-0.05, 0) is 23.8 Å². The van der Waals surface area contributed by atoms with Crippen molar-refractivity contribution in [1.82, 2.24) is 15.0 Å². The molecule has 2 aromatic heterocycles. The van der Waals surface area contributed by atoms with E-state index in [1.54, 1.807) is 12.1 Å². The molecular weight excluding hydrogens is 357 g/mol. The zero-order valence-corrected chi connectivity index (χ0v) is 14.7. The summed E-state index contributed by atoms with van der Waals surface area (Å²) in [5.74, 6) is -0.581. The molecule has 0 aliphatic heterocycles. The zero-order chi connectivity index (χ0) is 19.7. The quantitative estimate of drug-likeness (QED) is 0.215. The summed E-state index contributed by atoms with van der Waals surface area (Å²) in [6.45, 7) is 0.